The smallest absolute Gasteiger partial charge is 0.178 e. The first kappa shape index (κ1) is 7.66. The third kappa shape index (κ3) is 2.34. The van der Waals surface area contributed by atoms with Gasteiger partial charge in [0.1, 0.15) is 5.71 Å². The zero-order valence-electron chi connectivity index (χ0n) is 6.32. The molecule has 0 aromatic carbocycles. The summed E-state index contributed by atoms with van der Waals surface area (Å²) in [6.45, 7) is 1.50. The van der Waals surface area contributed by atoms with E-state index in [-0.39, 0.29) is 5.78 Å². The van der Waals surface area contributed by atoms with Crippen molar-refractivity contribution < 1.29 is 4.79 Å². The number of carbonyl (C=O) groups excluding carboxylic acids is 1. The number of rotatable bonds is 1. The Balaban J connectivity index is 2.87. The molecule has 0 saturated carbocycles. The van der Waals surface area contributed by atoms with E-state index in [1.54, 1.807) is 24.4 Å². The van der Waals surface area contributed by atoms with E-state index >= 15 is 0 Å². The Morgan fingerprint density at radius 1 is 1.27 bits per heavy atom. The molecule has 0 saturated heterocycles. The fourth-order valence-corrected chi connectivity index (χ4v) is 0.699. The van der Waals surface area contributed by atoms with Gasteiger partial charge in [0.15, 0.2) is 5.78 Å². The monoisotopic (exact) mass is 147 g/mol. The Morgan fingerprint density at radius 3 is 2.73 bits per heavy atom. The number of Topliss-reactive ketones (excluding diaryl/α,β-unsaturated/α-hetero) is 1. The van der Waals surface area contributed by atoms with Gasteiger partial charge in [-0.3, -0.25) is 9.79 Å². The summed E-state index contributed by atoms with van der Waals surface area (Å²) in [6, 6.07) is 0. The molecule has 0 N–H and O–H groups in total. The molecule has 2 heteroatoms. The predicted octanol–water partition coefficient (Wildman–Crippen LogP) is 1.66. The van der Waals surface area contributed by atoms with Crippen LogP contribution in [0.5, 0.6) is 0 Å². The first-order valence-electron chi connectivity index (χ1n) is 3.39. The average Bonchev–Trinajstić information content (AvgIpc) is 1.84. The zero-order valence-corrected chi connectivity index (χ0v) is 6.32. The molecule has 0 radical (unpaired) electrons. The van der Waals surface area contributed by atoms with Gasteiger partial charge in [0, 0.05) is 13.1 Å². The molecular weight excluding hydrogens is 138 g/mol. The molecule has 0 atom stereocenters. The lowest BCUT2D eigenvalue weighted by Crippen LogP contribution is -2.05. The first-order valence-corrected chi connectivity index (χ1v) is 3.39. The van der Waals surface area contributed by atoms with Gasteiger partial charge in [-0.05, 0) is 12.2 Å². The Bertz CT molecular complexity index is 269. The molecule has 1 rings (SSSR count). The van der Waals surface area contributed by atoms with Crippen LogP contribution >= 0.6 is 0 Å². The highest BCUT2D eigenvalue weighted by molar-refractivity contribution is 6.43. The van der Waals surface area contributed by atoms with E-state index in [9.17, 15) is 4.79 Å². The van der Waals surface area contributed by atoms with Crippen molar-refractivity contribution in [1.82, 2.24) is 0 Å². The van der Waals surface area contributed by atoms with Gasteiger partial charge in [-0.1, -0.05) is 18.2 Å². The number of hydrogen-bond donors (Lipinski definition) is 0. The summed E-state index contributed by atoms with van der Waals surface area (Å²) >= 11 is 0. The highest BCUT2D eigenvalue weighted by atomic mass is 16.1. The number of ketones is 1. The summed E-state index contributed by atoms with van der Waals surface area (Å²) in [6.07, 6.45) is 10.6. The van der Waals surface area contributed by atoms with E-state index in [4.69, 9.17) is 0 Å². The van der Waals surface area contributed by atoms with Crippen molar-refractivity contribution in [2.24, 2.45) is 4.99 Å². The minimum Gasteiger partial charge on any atom is -0.293 e. The van der Waals surface area contributed by atoms with E-state index in [1.165, 1.54) is 6.92 Å². The van der Waals surface area contributed by atoms with Crippen LogP contribution in [-0.2, 0) is 4.79 Å². The fraction of sp³-hybridized carbons (Fsp3) is 0.111. The van der Waals surface area contributed by atoms with Crippen LogP contribution in [-0.4, -0.2) is 11.5 Å². The maximum atomic E-state index is 10.8. The van der Waals surface area contributed by atoms with Crippen molar-refractivity contribution in [3.63, 3.8) is 0 Å². The molecule has 0 bridgehead atoms. The van der Waals surface area contributed by atoms with Crippen molar-refractivity contribution in [2.75, 3.05) is 0 Å². The number of hydrogen-bond acceptors (Lipinski definition) is 2. The summed E-state index contributed by atoms with van der Waals surface area (Å²) in [5, 5.41) is 0. The van der Waals surface area contributed by atoms with Gasteiger partial charge >= 0.3 is 0 Å². The van der Waals surface area contributed by atoms with E-state index in [0.29, 0.717) is 5.71 Å². The summed E-state index contributed by atoms with van der Waals surface area (Å²) < 4.78 is 0. The molecule has 2 nitrogen and oxygen atoms in total. The van der Waals surface area contributed by atoms with Crippen molar-refractivity contribution in [1.29, 1.82) is 0 Å². The summed E-state index contributed by atoms with van der Waals surface area (Å²) in [5.74, 6) is -0.0128. The number of allylic oxidation sites excluding steroid dienone is 5. The lowest BCUT2D eigenvalue weighted by molar-refractivity contribution is -0.111. The molecule has 0 spiro atoms. The van der Waals surface area contributed by atoms with Gasteiger partial charge in [0.05, 0.1) is 0 Å². The van der Waals surface area contributed by atoms with Gasteiger partial charge in [-0.15, -0.1) is 0 Å². The van der Waals surface area contributed by atoms with E-state index in [2.05, 4.69) is 4.99 Å². The van der Waals surface area contributed by atoms with E-state index in [1.807, 2.05) is 12.2 Å². The average molecular weight is 147 g/mol. The summed E-state index contributed by atoms with van der Waals surface area (Å²) in [7, 11) is 0. The van der Waals surface area contributed by atoms with Gasteiger partial charge in [-0.25, -0.2) is 0 Å². The van der Waals surface area contributed by atoms with Crippen LogP contribution in [0.4, 0.5) is 0 Å². The second-order valence-electron chi connectivity index (χ2n) is 2.16. The van der Waals surface area contributed by atoms with E-state index in [0.717, 1.165) is 0 Å². The Kier molecular flexibility index (Phi) is 2.55. The van der Waals surface area contributed by atoms with Crippen LogP contribution in [0.1, 0.15) is 6.92 Å². The van der Waals surface area contributed by atoms with Crippen LogP contribution in [0, 0.1) is 0 Å². The largest absolute Gasteiger partial charge is 0.293 e. The van der Waals surface area contributed by atoms with Crippen LogP contribution in [0.15, 0.2) is 41.6 Å². The van der Waals surface area contributed by atoms with Gasteiger partial charge in [0.25, 0.3) is 0 Å². The molecule has 11 heavy (non-hydrogen) atoms. The van der Waals surface area contributed by atoms with Crippen LogP contribution in [0.2, 0.25) is 0 Å². The first-order chi connectivity index (χ1) is 5.30. The van der Waals surface area contributed by atoms with Crippen molar-refractivity contribution in [2.45, 2.75) is 6.92 Å². The highest BCUT2D eigenvalue weighted by Crippen LogP contribution is 1.92. The quantitative estimate of drug-likeness (QED) is 0.554. The van der Waals surface area contributed by atoms with E-state index < -0.39 is 0 Å². The summed E-state index contributed by atoms with van der Waals surface area (Å²) in [4.78, 5) is 14.8. The topological polar surface area (TPSA) is 29.4 Å². The molecule has 0 fully saturated rings. The number of aliphatic imine (C=N–C) groups is 1. The second kappa shape index (κ2) is 3.66. The molecule has 56 valence electrons. The maximum Gasteiger partial charge on any atom is 0.178 e. The molecule has 0 aromatic heterocycles. The highest BCUT2D eigenvalue weighted by Gasteiger charge is 1.98. The van der Waals surface area contributed by atoms with Gasteiger partial charge < -0.3 is 0 Å². The minimum atomic E-state index is -0.0128. The minimum absolute atomic E-state index is 0.0128. The Morgan fingerprint density at radius 2 is 2.00 bits per heavy atom. The maximum absolute atomic E-state index is 10.8. The Hall–Kier alpha value is -1.44. The molecule has 0 unspecified atom stereocenters. The van der Waals surface area contributed by atoms with Crippen molar-refractivity contribution in [3.8, 4) is 0 Å². The molecule has 1 aliphatic heterocycles. The molecule has 0 aromatic rings. The second-order valence-corrected chi connectivity index (χ2v) is 2.16. The molecule has 1 aliphatic rings. The van der Waals surface area contributed by atoms with Crippen molar-refractivity contribution in [3.05, 3.63) is 36.6 Å². The number of carbonyl (C=O) groups is 1. The Labute approximate surface area is 65.6 Å². The summed E-state index contributed by atoms with van der Waals surface area (Å²) in [5.41, 5.74) is 0.491. The lowest BCUT2D eigenvalue weighted by atomic mass is 10.2. The standard InChI is InChI=1S/C9H9NO/c1-8(11)9-6-4-2-3-5-7-10-9/h2-7H,1H3. The fourth-order valence-electron chi connectivity index (χ4n) is 0.699. The normalized spacial score (nSPS) is 15.5. The zero-order chi connectivity index (χ0) is 8.10. The predicted molar refractivity (Wildman–Crippen MR) is 45.5 cm³/mol. The van der Waals surface area contributed by atoms with Crippen LogP contribution < -0.4 is 0 Å². The SMILES string of the molecule is CC(=O)C1=NC=CC=CC=C1. The van der Waals surface area contributed by atoms with Gasteiger partial charge in [-0.2, -0.15) is 0 Å². The molecule has 0 aliphatic carbocycles. The lowest BCUT2D eigenvalue weighted by Gasteiger charge is -1.92. The van der Waals surface area contributed by atoms with Gasteiger partial charge in [0.2, 0.25) is 0 Å². The number of nitrogens with zero attached hydrogens (tertiary/aromatic N) is 1. The molecular formula is C9H9NO. The third-order valence-corrected chi connectivity index (χ3v) is 1.25. The van der Waals surface area contributed by atoms with Crippen LogP contribution in [0.3, 0.4) is 0 Å². The van der Waals surface area contributed by atoms with Crippen molar-refractivity contribution >= 4 is 11.5 Å². The van der Waals surface area contributed by atoms with Crippen LogP contribution in [0.25, 0.3) is 0 Å². The third-order valence-electron chi connectivity index (χ3n) is 1.25. The molecule has 0 amide bonds. The molecule has 1 heterocycles.